The molecule has 0 aromatic heterocycles. The Bertz CT molecular complexity index is 274. The van der Waals surface area contributed by atoms with Gasteiger partial charge in [-0.1, -0.05) is 0 Å². The molecule has 0 bridgehead atoms. The van der Waals surface area contributed by atoms with Crippen molar-refractivity contribution in [3.05, 3.63) is 0 Å². The van der Waals surface area contributed by atoms with Crippen LogP contribution in [-0.2, 0) is 23.7 Å². The van der Waals surface area contributed by atoms with Crippen LogP contribution in [0.4, 0.5) is 0 Å². The Labute approximate surface area is 106 Å². The van der Waals surface area contributed by atoms with Crippen molar-refractivity contribution in [2.24, 2.45) is 0 Å². The van der Waals surface area contributed by atoms with Gasteiger partial charge in [0.25, 0.3) is 0 Å². The molecule has 2 N–H and O–H groups in total. The summed E-state index contributed by atoms with van der Waals surface area (Å²) in [6, 6.07) is -0.619. The van der Waals surface area contributed by atoms with Crippen molar-refractivity contribution in [3.63, 3.8) is 0 Å². The van der Waals surface area contributed by atoms with E-state index in [9.17, 15) is 9.90 Å². The van der Waals surface area contributed by atoms with Gasteiger partial charge in [0.2, 0.25) is 5.91 Å². The van der Waals surface area contributed by atoms with Crippen LogP contribution in [0.25, 0.3) is 0 Å². The molecule has 0 aromatic rings. The van der Waals surface area contributed by atoms with Crippen LogP contribution in [0, 0.1) is 0 Å². The van der Waals surface area contributed by atoms with Gasteiger partial charge in [-0.2, -0.15) is 0 Å². The SMILES string of the molecule is COC[C@@H](OC)[C@H]1OC(O)[C@@H](NC(C)=O)[C@H]1OC. The second-order valence-corrected chi connectivity index (χ2v) is 4.15. The third-order valence-electron chi connectivity index (χ3n) is 2.92. The average Bonchev–Trinajstić information content (AvgIpc) is 2.62. The number of rotatable bonds is 6. The van der Waals surface area contributed by atoms with Gasteiger partial charge in [0, 0.05) is 28.3 Å². The van der Waals surface area contributed by atoms with Gasteiger partial charge in [0.15, 0.2) is 6.29 Å². The molecule has 1 aliphatic heterocycles. The monoisotopic (exact) mass is 263 g/mol. The highest BCUT2D eigenvalue weighted by Gasteiger charge is 2.48. The summed E-state index contributed by atoms with van der Waals surface area (Å²) in [5, 5.41) is 12.4. The standard InChI is InChI=1S/C11H21NO6/c1-6(13)12-8-10(17-4)9(18-11(8)14)7(16-3)5-15-2/h7-11,14H,5H2,1-4H3,(H,12,13)/t7-,8+,9-,10-,11?/m1/s1. The first-order valence-electron chi connectivity index (χ1n) is 5.70. The lowest BCUT2D eigenvalue weighted by Gasteiger charge is -2.26. The van der Waals surface area contributed by atoms with Crippen LogP contribution in [0.1, 0.15) is 6.92 Å². The second kappa shape index (κ2) is 7.01. The Morgan fingerprint density at radius 2 is 2.11 bits per heavy atom. The second-order valence-electron chi connectivity index (χ2n) is 4.15. The van der Waals surface area contributed by atoms with Gasteiger partial charge < -0.3 is 29.4 Å². The van der Waals surface area contributed by atoms with Crippen LogP contribution in [0.2, 0.25) is 0 Å². The van der Waals surface area contributed by atoms with E-state index in [0.717, 1.165) is 0 Å². The fraction of sp³-hybridized carbons (Fsp3) is 0.909. The molecule has 0 saturated carbocycles. The molecule has 1 fully saturated rings. The normalized spacial score (nSPS) is 33.4. The molecule has 0 aromatic carbocycles. The summed E-state index contributed by atoms with van der Waals surface area (Å²) in [6.45, 7) is 1.68. The minimum absolute atomic E-state index is 0.258. The Morgan fingerprint density at radius 1 is 1.44 bits per heavy atom. The molecule has 1 amide bonds. The summed E-state index contributed by atoms with van der Waals surface area (Å²) in [5.41, 5.74) is 0. The van der Waals surface area contributed by atoms with Crippen LogP contribution in [0.3, 0.4) is 0 Å². The molecule has 0 radical (unpaired) electrons. The summed E-state index contributed by atoms with van der Waals surface area (Å²) >= 11 is 0. The highest BCUT2D eigenvalue weighted by molar-refractivity contribution is 5.73. The Morgan fingerprint density at radius 3 is 2.56 bits per heavy atom. The molecule has 7 heteroatoms. The van der Waals surface area contributed by atoms with Crippen molar-refractivity contribution in [1.82, 2.24) is 5.32 Å². The van der Waals surface area contributed by atoms with E-state index in [0.29, 0.717) is 6.61 Å². The van der Waals surface area contributed by atoms with E-state index in [1.54, 1.807) is 7.11 Å². The van der Waals surface area contributed by atoms with Crippen molar-refractivity contribution < 1.29 is 28.8 Å². The number of amides is 1. The molecule has 1 heterocycles. The number of ether oxygens (including phenoxy) is 4. The Kier molecular flexibility index (Phi) is 5.97. The molecular weight excluding hydrogens is 242 g/mol. The fourth-order valence-electron chi connectivity index (χ4n) is 2.12. The molecule has 0 spiro atoms. The zero-order valence-corrected chi connectivity index (χ0v) is 11.1. The van der Waals surface area contributed by atoms with Gasteiger partial charge in [-0.3, -0.25) is 4.79 Å². The number of aliphatic hydroxyl groups is 1. The molecule has 1 unspecified atom stereocenters. The van der Waals surface area contributed by atoms with Gasteiger partial charge in [-0.05, 0) is 0 Å². The van der Waals surface area contributed by atoms with Crippen LogP contribution >= 0.6 is 0 Å². The zero-order chi connectivity index (χ0) is 13.7. The smallest absolute Gasteiger partial charge is 0.217 e. The lowest BCUT2D eigenvalue weighted by molar-refractivity contribution is -0.151. The molecule has 7 nitrogen and oxygen atoms in total. The summed E-state index contributed by atoms with van der Waals surface area (Å²) in [6.07, 6.45) is -2.51. The highest BCUT2D eigenvalue weighted by Crippen LogP contribution is 2.26. The third kappa shape index (κ3) is 3.39. The topological polar surface area (TPSA) is 86.3 Å². The molecule has 0 aliphatic carbocycles. The maximum atomic E-state index is 11.1. The van der Waals surface area contributed by atoms with Gasteiger partial charge in [0.1, 0.15) is 24.4 Å². The largest absolute Gasteiger partial charge is 0.382 e. The third-order valence-corrected chi connectivity index (χ3v) is 2.92. The van der Waals surface area contributed by atoms with E-state index in [4.69, 9.17) is 18.9 Å². The summed E-state index contributed by atoms with van der Waals surface area (Å²) in [5.74, 6) is -0.258. The number of carbonyl (C=O) groups excluding carboxylic acids is 1. The number of hydrogen-bond acceptors (Lipinski definition) is 6. The average molecular weight is 263 g/mol. The predicted molar refractivity (Wildman–Crippen MR) is 62.0 cm³/mol. The predicted octanol–water partition coefficient (Wildman–Crippen LogP) is -1.12. The Hall–Kier alpha value is -0.730. The first-order chi connectivity index (χ1) is 8.54. The zero-order valence-electron chi connectivity index (χ0n) is 11.1. The molecule has 1 aliphatic rings. The van der Waals surface area contributed by atoms with Crippen LogP contribution in [0.5, 0.6) is 0 Å². The minimum atomic E-state index is -1.13. The maximum Gasteiger partial charge on any atom is 0.217 e. The quantitative estimate of drug-likeness (QED) is 0.631. The van der Waals surface area contributed by atoms with Crippen molar-refractivity contribution in [2.75, 3.05) is 27.9 Å². The molecule has 18 heavy (non-hydrogen) atoms. The minimum Gasteiger partial charge on any atom is -0.382 e. The maximum absolute atomic E-state index is 11.1. The van der Waals surface area contributed by atoms with E-state index in [1.807, 2.05) is 0 Å². The van der Waals surface area contributed by atoms with Gasteiger partial charge in [0.05, 0.1) is 6.61 Å². The molecule has 1 rings (SSSR count). The van der Waals surface area contributed by atoms with Gasteiger partial charge in [-0.25, -0.2) is 0 Å². The van der Waals surface area contributed by atoms with E-state index in [1.165, 1.54) is 21.1 Å². The van der Waals surface area contributed by atoms with Crippen LogP contribution in [-0.4, -0.2) is 69.6 Å². The highest BCUT2D eigenvalue weighted by atomic mass is 16.7. The van der Waals surface area contributed by atoms with E-state index in [2.05, 4.69) is 5.32 Å². The van der Waals surface area contributed by atoms with E-state index < -0.39 is 24.5 Å². The van der Waals surface area contributed by atoms with Gasteiger partial charge >= 0.3 is 0 Å². The lowest BCUT2D eigenvalue weighted by Crippen LogP contribution is -2.50. The van der Waals surface area contributed by atoms with E-state index in [-0.39, 0.29) is 12.0 Å². The Balaban J connectivity index is 2.78. The number of hydrogen-bond donors (Lipinski definition) is 2. The van der Waals surface area contributed by atoms with Crippen LogP contribution < -0.4 is 5.32 Å². The molecule has 106 valence electrons. The number of nitrogens with one attached hydrogen (secondary N) is 1. The summed E-state index contributed by atoms with van der Waals surface area (Å²) in [7, 11) is 4.57. The van der Waals surface area contributed by atoms with E-state index >= 15 is 0 Å². The summed E-state index contributed by atoms with van der Waals surface area (Å²) in [4.78, 5) is 11.1. The fourth-order valence-corrected chi connectivity index (χ4v) is 2.12. The molecule has 1 saturated heterocycles. The van der Waals surface area contributed by atoms with Gasteiger partial charge in [-0.15, -0.1) is 0 Å². The number of aliphatic hydroxyl groups excluding tert-OH is 1. The van der Waals surface area contributed by atoms with Crippen molar-refractivity contribution in [1.29, 1.82) is 0 Å². The molecular formula is C11H21NO6. The van der Waals surface area contributed by atoms with Crippen LogP contribution in [0.15, 0.2) is 0 Å². The van der Waals surface area contributed by atoms with Crippen molar-refractivity contribution >= 4 is 5.91 Å². The van der Waals surface area contributed by atoms with Crippen molar-refractivity contribution in [2.45, 2.75) is 37.6 Å². The number of methoxy groups -OCH3 is 3. The lowest BCUT2D eigenvalue weighted by atomic mass is 10.0. The first-order valence-corrected chi connectivity index (χ1v) is 5.70. The first kappa shape index (κ1) is 15.3. The summed E-state index contributed by atoms with van der Waals surface area (Å²) < 4.78 is 21.0. The number of carbonyl (C=O) groups is 1. The molecule has 5 atom stereocenters. The van der Waals surface area contributed by atoms with Crippen molar-refractivity contribution in [3.8, 4) is 0 Å².